The molecular formula is C12H22N2O4S. The van der Waals surface area contributed by atoms with E-state index in [0.717, 1.165) is 25.9 Å². The lowest BCUT2D eigenvalue weighted by atomic mass is 10.1. The summed E-state index contributed by atoms with van der Waals surface area (Å²) < 4.78 is 5.48. The quantitative estimate of drug-likeness (QED) is 0.587. The van der Waals surface area contributed by atoms with E-state index >= 15 is 0 Å². The largest absolute Gasteiger partial charge is 0.480 e. The van der Waals surface area contributed by atoms with E-state index in [-0.39, 0.29) is 18.6 Å². The van der Waals surface area contributed by atoms with Gasteiger partial charge in [-0.15, -0.1) is 0 Å². The molecule has 1 fully saturated rings. The number of carboxylic acids is 1. The van der Waals surface area contributed by atoms with Gasteiger partial charge in [-0.2, -0.15) is 11.8 Å². The standard InChI is InChI=1S/C12H22N2O4S/c1-19-7-4-10(12(16)17)14-11(15)8-18-9-2-5-13-6-3-9/h9-10,13H,2-8H2,1H3,(H,14,15)(H,16,17). The van der Waals surface area contributed by atoms with E-state index in [4.69, 9.17) is 9.84 Å². The van der Waals surface area contributed by atoms with Crippen LogP contribution in [-0.2, 0) is 14.3 Å². The highest BCUT2D eigenvalue weighted by Crippen LogP contribution is 2.07. The highest BCUT2D eigenvalue weighted by molar-refractivity contribution is 7.98. The van der Waals surface area contributed by atoms with E-state index in [2.05, 4.69) is 10.6 Å². The average molecular weight is 290 g/mol. The maximum absolute atomic E-state index is 11.6. The van der Waals surface area contributed by atoms with E-state index in [0.29, 0.717) is 12.2 Å². The van der Waals surface area contributed by atoms with Crippen molar-refractivity contribution >= 4 is 23.6 Å². The van der Waals surface area contributed by atoms with E-state index in [1.54, 1.807) is 11.8 Å². The highest BCUT2D eigenvalue weighted by atomic mass is 32.2. The number of rotatable bonds is 8. The minimum atomic E-state index is -0.996. The molecule has 1 heterocycles. The van der Waals surface area contributed by atoms with Crippen LogP contribution < -0.4 is 10.6 Å². The number of nitrogens with one attached hydrogen (secondary N) is 2. The lowest BCUT2D eigenvalue weighted by Crippen LogP contribution is -2.43. The molecule has 0 radical (unpaired) electrons. The third kappa shape index (κ3) is 6.79. The van der Waals surface area contributed by atoms with E-state index in [1.165, 1.54) is 0 Å². The number of piperidine rings is 1. The number of hydrogen-bond acceptors (Lipinski definition) is 5. The fourth-order valence-electron chi connectivity index (χ4n) is 1.88. The van der Waals surface area contributed by atoms with Crippen molar-refractivity contribution in [1.29, 1.82) is 0 Å². The molecule has 1 aliphatic heterocycles. The zero-order valence-corrected chi connectivity index (χ0v) is 12.0. The Bertz CT molecular complexity index is 295. The Morgan fingerprint density at radius 1 is 1.47 bits per heavy atom. The van der Waals surface area contributed by atoms with Crippen molar-refractivity contribution in [2.75, 3.05) is 31.7 Å². The molecule has 6 nitrogen and oxygen atoms in total. The van der Waals surface area contributed by atoms with Gasteiger partial charge < -0.3 is 20.5 Å². The molecule has 1 saturated heterocycles. The summed E-state index contributed by atoms with van der Waals surface area (Å²) >= 11 is 1.56. The summed E-state index contributed by atoms with van der Waals surface area (Å²) in [6.07, 6.45) is 4.21. The van der Waals surface area contributed by atoms with Gasteiger partial charge in [-0.25, -0.2) is 4.79 Å². The van der Waals surface area contributed by atoms with E-state index in [1.807, 2.05) is 6.26 Å². The van der Waals surface area contributed by atoms with Gasteiger partial charge in [0.25, 0.3) is 0 Å². The van der Waals surface area contributed by atoms with Gasteiger partial charge >= 0.3 is 5.97 Å². The van der Waals surface area contributed by atoms with Gasteiger partial charge in [0, 0.05) is 0 Å². The Morgan fingerprint density at radius 2 is 2.16 bits per heavy atom. The molecule has 0 bridgehead atoms. The normalized spacial score (nSPS) is 17.9. The summed E-state index contributed by atoms with van der Waals surface area (Å²) in [6, 6.07) is -0.823. The smallest absolute Gasteiger partial charge is 0.326 e. The van der Waals surface area contributed by atoms with Gasteiger partial charge in [0.05, 0.1) is 6.10 Å². The zero-order valence-electron chi connectivity index (χ0n) is 11.2. The number of ether oxygens (including phenoxy) is 1. The maximum atomic E-state index is 11.6. The molecule has 0 aromatic rings. The summed E-state index contributed by atoms with van der Waals surface area (Å²) in [7, 11) is 0. The molecule has 1 amide bonds. The van der Waals surface area contributed by atoms with Crippen LogP contribution in [0.3, 0.4) is 0 Å². The molecule has 19 heavy (non-hydrogen) atoms. The van der Waals surface area contributed by atoms with Gasteiger partial charge in [-0.3, -0.25) is 4.79 Å². The summed E-state index contributed by atoms with van der Waals surface area (Å²) in [5.41, 5.74) is 0. The molecule has 110 valence electrons. The fourth-order valence-corrected chi connectivity index (χ4v) is 2.36. The molecule has 0 aromatic heterocycles. The number of carboxylic acid groups (broad SMARTS) is 1. The molecular weight excluding hydrogens is 268 g/mol. The zero-order chi connectivity index (χ0) is 14.1. The molecule has 1 rings (SSSR count). The first-order valence-corrected chi connectivity index (χ1v) is 7.86. The number of amides is 1. The Kier molecular flexibility index (Phi) is 7.85. The topological polar surface area (TPSA) is 87.7 Å². The first-order chi connectivity index (χ1) is 9.13. The van der Waals surface area contributed by atoms with Crippen LogP contribution in [0, 0.1) is 0 Å². The summed E-state index contributed by atoms with van der Waals surface area (Å²) in [4.78, 5) is 22.6. The van der Waals surface area contributed by atoms with Crippen LogP contribution in [0.1, 0.15) is 19.3 Å². The van der Waals surface area contributed by atoms with Crippen molar-refractivity contribution in [3.05, 3.63) is 0 Å². The second kappa shape index (κ2) is 9.17. The number of aliphatic carboxylic acids is 1. The summed E-state index contributed by atoms with van der Waals surface area (Å²) in [5, 5.41) is 14.7. The van der Waals surface area contributed by atoms with Crippen LogP contribution >= 0.6 is 11.8 Å². The molecule has 0 aliphatic carbocycles. The fraction of sp³-hybridized carbons (Fsp3) is 0.833. The third-order valence-corrected chi connectivity index (χ3v) is 3.62. The van der Waals surface area contributed by atoms with Crippen molar-refractivity contribution < 1.29 is 19.4 Å². The molecule has 1 unspecified atom stereocenters. The van der Waals surface area contributed by atoms with Crippen LogP contribution in [0.2, 0.25) is 0 Å². The SMILES string of the molecule is CSCCC(NC(=O)COC1CCNCC1)C(=O)O. The van der Waals surface area contributed by atoms with Crippen LogP contribution in [-0.4, -0.2) is 60.8 Å². The van der Waals surface area contributed by atoms with Gasteiger partial charge in [0.15, 0.2) is 0 Å². The molecule has 1 atom stereocenters. The van der Waals surface area contributed by atoms with Gasteiger partial charge in [0.2, 0.25) is 5.91 Å². The van der Waals surface area contributed by atoms with Crippen LogP contribution in [0.5, 0.6) is 0 Å². The minimum Gasteiger partial charge on any atom is -0.480 e. The van der Waals surface area contributed by atoms with Crippen molar-refractivity contribution in [2.45, 2.75) is 31.4 Å². The van der Waals surface area contributed by atoms with E-state index in [9.17, 15) is 9.59 Å². The van der Waals surface area contributed by atoms with Crippen LogP contribution in [0.4, 0.5) is 0 Å². The van der Waals surface area contributed by atoms with Crippen molar-refractivity contribution in [3.8, 4) is 0 Å². The minimum absolute atomic E-state index is 0.0618. The third-order valence-electron chi connectivity index (χ3n) is 2.98. The Hall–Kier alpha value is -0.790. The summed E-state index contributed by atoms with van der Waals surface area (Å²) in [5.74, 6) is -0.650. The maximum Gasteiger partial charge on any atom is 0.326 e. The highest BCUT2D eigenvalue weighted by Gasteiger charge is 2.20. The van der Waals surface area contributed by atoms with Crippen molar-refractivity contribution in [3.63, 3.8) is 0 Å². The molecule has 1 aliphatic rings. The predicted octanol–water partition coefficient (Wildman–Crippen LogP) is 0.0775. The first-order valence-electron chi connectivity index (χ1n) is 6.47. The number of hydrogen-bond donors (Lipinski definition) is 3. The molecule has 0 saturated carbocycles. The molecule has 0 spiro atoms. The van der Waals surface area contributed by atoms with Crippen molar-refractivity contribution in [1.82, 2.24) is 10.6 Å². The molecule has 3 N–H and O–H groups in total. The average Bonchev–Trinajstić information content (AvgIpc) is 2.42. The molecule has 0 aromatic carbocycles. The molecule has 7 heteroatoms. The number of carbonyl (C=O) groups excluding carboxylic acids is 1. The lowest BCUT2D eigenvalue weighted by molar-refractivity contribution is -0.143. The van der Waals surface area contributed by atoms with Crippen LogP contribution in [0.25, 0.3) is 0 Å². The van der Waals surface area contributed by atoms with E-state index < -0.39 is 12.0 Å². The second-order valence-corrected chi connectivity index (χ2v) is 5.49. The van der Waals surface area contributed by atoms with Crippen molar-refractivity contribution in [2.24, 2.45) is 0 Å². The lowest BCUT2D eigenvalue weighted by Gasteiger charge is -2.23. The van der Waals surface area contributed by atoms with Crippen LogP contribution in [0.15, 0.2) is 0 Å². The Labute approximate surface area is 117 Å². The first kappa shape index (κ1) is 16.3. The van der Waals surface area contributed by atoms with Gasteiger partial charge in [-0.05, 0) is 44.4 Å². The Morgan fingerprint density at radius 3 is 2.74 bits per heavy atom. The Balaban J connectivity index is 2.25. The van der Waals surface area contributed by atoms with Gasteiger partial charge in [0.1, 0.15) is 12.6 Å². The number of carbonyl (C=O) groups is 2. The number of thioether (sulfide) groups is 1. The second-order valence-electron chi connectivity index (χ2n) is 4.50. The monoisotopic (exact) mass is 290 g/mol. The van der Waals surface area contributed by atoms with Gasteiger partial charge in [-0.1, -0.05) is 0 Å². The summed E-state index contributed by atoms with van der Waals surface area (Å²) in [6.45, 7) is 1.74. The predicted molar refractivity (Wildman–Crippen MR) is 74.4 cm³/mol.